The molecule has 1 fully saturated rings. The SMILES string of the molecule is CNCCCNC(=O)CN1CCCC1=O. The van der Waals surface area contributed by atoms with Gasteiger partial charge in [-0.2, -0.15) is 0 Å². The van der Waals surface area contributed by atoms with Crippen LogP contribution in [0.3, 0.4) is 0 Å². The largest absolute Gasteiger partial charge is 0.355 e. The van der Waals surface area contributed by atoms with Gasteiger partial charge in [0.2, 0.25) is 11.8 Å². The van der Waals surface area contributed by atoms with Gasteiger partial charge in [-0.1, -0.05) is 0 Å². The van der Waals surface area contributed by atoms with E-state index in [4.69, 9.17) is 0 Å². The molecule has 5 heteroatoms. The summed E-state index contributed by atoms with van der Waals surface area (Å²) in [6.45, 7) is 2.51. The van der Waals surface area contributed by atoms with Gasteiger partial charge in [0.1, 0.15) is 0 Å². The molecule has 0 aliphatic carbocycles. The molecule has 0 spiro atoms. The topological polar surface area (TPSA) is 61.4 Å². The van der Waals surface area contributed by atoms with Crippen molar-refractivity contribution in [3.05, 3.63) is 0 Å². The highest BCUT2D eigenvalue weighted by Gasteiger charge is 2.21. The molecule has 15 heavy (non-hydrogen) atoms. The van der Waals surface area contributed by atoms with Crippen molar-refractivity contribution >= 4 is 11.8 Å². The highest BCUT2D eigenvalue weighted by molar-refractivity contribution is 5.85. The maximum Gasteiger partial charge on any atom is 0.239 e. The summed E-state index contributed by atoms with van der Waals surface area (Å²) in [5, 5.41) is 5.80. The van der Waals surface area contributed by atoms with E-state index in [2.05, 4.69) is 10.6 Å². The van der Waals surface area contributed by atoms with Gasteiger partial charge in [0, 0.05) is 19.5 Å². The third-order valence-electron chi connectivity index (χ3n) is 2.43. The first kappa shape index (κ1) is 12.0. The van der Waals surface area contributed by atoms with Crippen LogP contribution in [0.25, 0.3) is 0 Å². The molecule has 2 N–H and O–H groups in total. The fourth-order valence-corrected chi connectivity index (χ4v) is 1.59. The van der Waals surface area contributed by atoms with Crippen LogP contribution >= 0.6 is 0 Å². The summed E-state index contributed by atoms with van der Waals surface area (Å²) in [6.07, 6.45) is 2.38. The van der Waals surface area contributed by atoms with Gasteiger partial charge >= 0.3 is 0 Å². The monoisotopic (exact) mass is 213 g/mol. The predicted molar refractivity (Wildman–Crippen MR) is 57.4 cm³/mol. The molecule has 1 aliphatic rings. The van der Waals surface area contributed by atoms with E-state index in [1.165, 1.54) is 0 Å². The number of carbonyl (C=O) groups is 2. The van der Waals surface area contributed by atoms with Crippen molar-refractivity contribution in [1.29, 1.82) is 0 Å². The number of carbonyl (C=O) groups excluding carboxylic acids is 2. The molecule has 1 aliphatic heterocycles. The molecule has 0 saturated carbocycles. The van der Waals surface area contributed by atoms with Crippen molar-refractivity contribution in [2.75, 3.05) is 33.2 Å². The summed E-state index contributed by atoms with van der Waals surface area (Å²) in [5.41, 5.74) is 0. The fraction of sp³-hybridized carbons (Fsp3) is 0.800. The lowest BCUT2D eigenvalue weighted by atomic mass is 10.4. The molecule has 0 unspecified atom stereocenters. The van der Waals surface area contributed by atoms with E-state index < -0.39 is 0 Å². The van der Waals surface area contributed by atoms with Crippen molar-refractivity contribution in [3.63, 3.8) is 0 Å². The van der Waals surface area contributed by atoms with Gasteiger partial charge in [-0.05, 0) is 26.4 Å². The van der Waals surface area contributed by atoms with Gasteiger partial charge in [-0.25, -0.2) is 0 Å². The molecule has 0 radical (unpaired) electrons. The van der Waals surface area contributed by atoms with Crippen LogP contribution in [0.2, 0.25) is 0 Å². The third-order valence-corrected chi connectivity index (χ3v) is 2.43. The summed E-state index contributed by atoms with van der Waals surface area (Å²) >= 11 is 0. The molecule has 0 aromatic rings. The number of amides is 2. The second-order valence-corrected chi connectivity index (χ2v) is 3.73. The Kier molecular flexibility index (Phi) is 5.10. The lowest BCUT2D eigenvalue weighted by Crippen LogP contribution is -2.38. The molecule has 0 aromatic heterocycles. The minimum absolute atomic E-state index is 0.0543. The lowest BCUT2D eigenvalue weighted by Gasteiger charge is -2.14. The molecule has 1 heterocycles. The minimum Gasteiger partial charge on any atom is -0.355 e. The van der Waals surface area contributed by atoms with Crippen LogP contribution in [0.4, 0.5) is 0 Å². The number of nitrogens with one attached hydrogen (secondary N) is 2. The maximum absolute atomic E-state index is 11.4. The number of likely N-dealkylation sites (tertiary alicyclic amines) is 1. The van der Waals surface area contributed by atoms with Crippen molar-refractivity contribution in [1.82, 2.24) is 15.5 Å². The maximum atomic E-state index is 11.4. The Morgan fingerprint density at radius 2 is 2.27 bits per heavy atom. The van der Waals surface area contributed by atoms with Gasteiger partial charge in [0.05, 0.1) is 6.54 Å². The smallest absolute Gasteiger partial charge is 0.239 e. The van der Waals surface area contributed by atoms with Crippen LogP contribution in [0.1, 0.15) is 19.3 Å². The normalized spacial score (nSPS) is 15.8. The molecule has 86 valence electrons. The number of hydrogen-bond acceptors (Lipinski definition) is 3. The molecular formula is C10H19N3O2. The van der Waals surface area contributed by atoms with Gasteiger partial charge < -0.3 is 15.5 Å². The van der Waals surface area contributed by atoms with Gasteiger partial charge in [-0.3, -0.25) is 9.59 Å². The fourth-order valence-electron chi connectivity index (χ4n) is 1.59. The molecule has 1 rings (SSSR count). The molecule has 2 amide bonds. The van der Waals surface area contributed by atoms with E-state index in [1.807, 2.05) is 7.05 Å². The van der Waals surface area contributed by atoms with E-state index in [1.54, 1.807) is 4.90 Å². The summed E-state index contributed by atoms with van der Waals surface area (Å²) in [7, 11) is 1.88. The summed E-state index contributed by atoms with van der Waals surface area (Å²) in [4.78, 5) is 24.2. The van der Waals surface area contributed by atoms with Crippen molar-refractivity contribution in [3.8, 4) is 0 Å². The van der Waals surface area contributed by atoms with E-state index >= 15 is 0 Å². The lowest BCUT2D eigenvalue weighted by molar-refractivity contribution is -0.133. The first-order valence-corrected chi connectivity index (χ1v) is 5.43. The zero-order chi connectivity index (χ0) is 11.1. The summed E-state index contributed by atoms with van der Waals surface area (Å²) < 4.78 is 0. The second kappa shape index (κ2) is 6.40. The predicted octanol–water partition coefficient (Wildman–Crippen LogP) is -0.665. The van der Waals surface area contributed by atoms with Crippen molar-refractivity contribution in [2.45, 2.75) is 19.3 Å². The van der Waals surface area contributed by atoms with Gasteiger partial charge in [0.15, 0.2) is 0 Å². The van der Waals surface area contributed by atoms with Crippen LogP contribution in [-0.4, -0.2) is 49.9 Å². The summed E-state index contributed by atoms with van der Waals surface area (Å²) in [5.74, 6) is 0.0433. The molecule has 5 nitrogen and oxygen atoms in total. The Hall–Kier alpha value is -1.10. The summed E-state index contributed by atoms with van der Waals surface area (Å²) in [6, 6.07) is 0. The zero-order valence-corrected chi connectivity index (χ0v) is 9.21. The average molecular weight is 213 g/mol. The Bertz CT molecular complexity index is 231. The number of rotatable bonds is 6. The average Bonchev–Trinajstić information content (AvgIpc) is 2.59. The second-order valence-electron chi connectivity index (χ2n) is 3.73. The molecule has 1 saturated heterocycles. The van der Waals surface area contributed by atoms with Gasteiger partial charge in [-0.15, -0.1) is 0 Å². The Labute approximate surface area is 90.2 Å². The van der Waals surface area contributed by atoms with E-state index in [0.717, 1.165) is 25.9 Å². The quantitative estimate of drug-likeness (QED) is 0.576. The molecule has 0 bridgehead atoms. The Morgan fingerprint density at radius 3 is 2.87 bits per heavy atom. The minimum atomic E-state index is -0.0543. The first-order valence-electron chi connectivity index (χ1n) is 5.43. The van der Waals surface area contributed by atoms with Crippen LogP contribution in [0.5, 0.6) is 0 Å². The number of hydrogen-bond donors (Lipinski definition) is 2. The number of nitrogens with zero attached hydrogens (tertiary/aromatic N) is 1. The van der Waals surface area contributed by atoms with Gasteiger partial charge in [0.25, 0.3) is 0 Å². The standard InChI is InChI=1S/C10H19N3O2/c1-11-5-3-6-12-9(14)8-13-7-2-4-10(13)15/h11H,2-8H2,1H3,(H,12,14). The molecule has 0 aromatic carbocycles. The van der Waals surface area contributed by atoms with Crippen molar-refractivity contribution in [2.24, 2.45) is 0 Å². The first-order chi connectivity index (χ1) is 7.24. The van der Waals surface area contributed by atoms with Crippen LogP contribution in [0, 0.1) is 0 Å². The third kappa shape index (κ3) is 4.29. The van der Waals surface area contributed by atoms with E-state index in [9.17, 15) is 9.59 Å². The highest BCUT2D eigenvalue weighted by atomic mass is 16.2. The van der Waals surface area contributed by atoms with Crippen molar-refractivity contribution < 1.29 is 9.59 Å². The van der Waals surface area contributed by atoms with Crippen LogP contribution in [0.15, 0.2) is 0 Å². The van der Waals surface area contributed by atoms with E-state index in [-0.39, 0.29) is 18.4 Å². The highest BCUT2D eigenvalue weighted by Crippen LogP contribution is 2.08. The molecule has 0 atom stereocenters. The zero-order valence-electron chi connectivity index (χ0n) is 9.21. The Balaban J connectivity index is 2.10. The molecular weight excluding hydrogens is 194 g/mol. The van der Waals surface area contributed by atoms with Crippen LogP contribution < -0.4 is 10.6 Å². The Morgan fingerprint density at radius 1 is 1.47 bits per heavy atom. The van der Waals surface area contributed by atoms with Crippen LogP contribution in [-0.2, 0) is 9.59 Å². The van der Waals surface area contributed by atoms with E-state index in [0.29, 0.717) is 13.0 Å².